The summed E-state index contributed by atoms with van der Waals surface area (Å²) in [6.45, 7) is 6.72. The molecule has 39 heavy (non-hydrogen) atoms. The summed E-state index contributed by atoms with van der Waals surface area (Å²) in [7, 11) is 0. The van der Waals surface area contributed by atoms with Crippen molar-refractivity contribution in [3.63, 3.8) is 0 Å². The number of carbonyl (C=O) groups excluding carboxylic acids is 2. The zero-order valence-corrected chi connectivity index (χ0v) is 23.1. The lowest BCUT2D eigenvalue weighted by molar-refractivity contribution is 0.0735. The topological polar surface area (TPSA) is 127 Å². The van der Waals surface area contributed by atoms with Crippen LogP contribution in [0.1, 0.15) is 75.6 Å². The van der Waals surface area contributed by atoms with Gasteiger partial charge in [-0.05, 0) is 63.8 Å². The van der Waals surface area contributed by atoms with Gasteiger partial charge in [0.25, 0.3) is 11.8 Å². The maximum absolute atomic E-state index is 13.8. The molecule has 0 bridgehead atoms. The lowest BCUT2D eigenvalue weighted by atomic mass is 9.94. The van der Waals surface area contributed by atoms with Crippen LogP contribution in [0.5, 0.6) is 0 Å². The third-order valence-electron chi connectivity index (χ3n) is 6.79. The number of benzene rings is 2. The van der Waals surface area contributed by atoms with Crippen molar-refractivity contribution in [1.82, 2.24) is 25.4 Å². The molecule has 3 N–H and O–H groups in total. The van der Waals surface area contributed by atoms with Crippen LogP contribution in [0.4, 0.5) is 0 Å². The molecule has 1 aliphatic heterocycles. The third-order valence-corrected chi connectivity index (χ3v) is 7.85. The molecule has 0 radical (unpaired) electrons. The minimum Gasteiger partial charge on any atom is -0.419 e. The van der Waals surface area contributed by atoms with Gasteiger partial charge in [-0.1, -0.05) is 30.3 Å². The van der Waals surface area contributed by atoms with Gasteiger partial charge in [-0.3, -0.25) is 9.59 Å². The van der Waals surface area contributed by atoms with Gasteiger partial charge in [-0.15, -0.1) is 21.5 Å². The van der Waals surface area contributed by atoms with Crippen LogP contribution in [-0.4, -0.2) is 45.0 Å². The number of likely N-dealkylation sites (tertiary alicyclic amines) is 1. The average Bonchev–Trinajstić information content (AvgIpc) is 3.69. The van der Waals surface area contributed by atoms with E-state index in [0.29, 0.717) is 36.2 Å². The number of nitrogens with one attached hydrogen (secondary N) is 1. The zero-order chi connectivity index (χ0) is 27.6. The monoisotopic (exact) mass is 544 g/mol. The lowest BCUT2D eigenvalue weighted by Crippen LogP contribution is -2.35. The van der Waals surface area contributed by atoms with Gasteiger partial charge in [0.2, 0.25) is 11.8 Å². The predicted molar refractivity (Wildman–Crippen MR) is 149 cm³/mol. The van der Waals surface area contributed by atoms with E-state index in [1.807, 2.05) is 61.4 Å². The summed E-state index contributed by atoms with van der Waals surface area (Å²) in [5.74, 6) is 0.0273. The Bertz CT molecular complexity index is 1480. The highest BCUT2D eigenvalue weighted by Crippen LogP contribution is 2.35. The number of nitrogens with two attached hydrogens (primary N) is 1. The van der Waals surface area contributed by atoms with Crippen LogP contribution in [0.3, 0.4) is 0 Å². The molecule has 0 aliphatic carbocycles. The number of aryl methyl sites for hydroxylation is 1. The van der Waals surface area contributed by atoms with Crippen molar-refractivity contribution in [2.24, 2.45) is 5.73 Å². The second kappa shape index (κ2) is 11.1. The molecular formula is C29H32N6O3S. The molecule has 2 amide bonds. The molecule has 202 valence electrons. The Hall–Kier alpha value is -3.89. The number of aromatic nitrogens is 3. The summed E-state index contributed by atoms with van der Waals surface area (Å²) in [5, 5.41) is 14.2. The SMILES string of the molecule is CCNC(=O)c1cc(C(=O)N2CCCC2c2nc(C)cs2)cc(-c2nnc(C(C)(N)Cc3ccccc3)o2)c1. The first-order valence-corrected chi connectivity index (χ1v) is 14.0. The predicted octanol–water partition coefficient (Wildman–Crippen LogP) is 4.65. The molecule has 2 aromatic heterocycles. The van der Waals surface area contributed by atoms with Gasteiger partial charge in [0.05, 0.1) is 11.6 Å². The summed E-state index contributed by atoms with van der Waals surface area (Å²) < 4.78 is 6.04. The zero-order valence-electron chi connectivity index (χ0n) is 22.3. The number of carbonyl (C=O) groups is 2. The van der Waals surface area contributed by atoms with Gasteiger partial charge in [0.1, 0.15) is 5.01 Å². The molecule has 4 aromatic rings. The Morgan fingerprint density at radius 2 is 1.95 bits per heavy atom. The van der Waals surface area contributed by atoms with Gasteiger partial charge in [-0.25, -0.2) is 4.98 Å². The number of amides is 2. The minimum absolute atomic E-state index is 0.0845. The molecule has 9 nitrogen and oxygen atoms in total. The molecule has 1 aliphatic rings. The van der Waals surface area contributed by atoms with E-state index in [2.05, 4.69) is 20.5 Å². The van der Waals surface area contributed by atoms with Crippen LogP contribution < -0.4 is 11.1 Å². The van der Waals surface area contributed by atoms with E-state index in [-0.39, 0.29) is 29.6 Å². The van der Waals surface area contributed by atoms with E-state index in [9.17, 15) is 9.59 Å². The van der Waals surface area contributed by atoms with E-state index in [1.54, 1.807) is 29.5 Å². The molecule has 10 heteroatoms. The second-order valence-corrected chi connectivity index (χ2v) is 11.0. The van der Waals surface area contributed by atoms with E-state index in [0.717, 1.165) is 29.1 Å². The van der Waals surface area contributed by atoms with E-state index >= 15 is 0 Å². The molecule has 2 aromatic carbocycles. The van der Waals surface area contributed by atoms with Gasteiger partial charge in [0.15, 0.2) is 0 Å². The molecular weight excluding hydrogens is 512 g/mol. The van der Waals surface area contributed by atoms with Crippen LogP contribution in [0.15, 0.2) is 58.3 Å². The van der Waals surface area contributed by atoms with E-state index in [4.69, 9.17) is 10.2 Å². The van der Waals surface area contributed by atoms with Crippen LogP contribution in [0.25, 0.3) is 11.5 Å². The standard InChI is InChI=1S/C29H32N6O3S/c1-4-31-24(36)20-13-21(25-33-34-28(38-25)29(3,30)16-19-9-6-5-7-10-19)15-22(14-20)27(37)35-12-8-11-23(35)26-32-18(2)17-39-26/h5-7,9-10,13-15,17,23H,4,8,11-12,16,30H2,1-3H3,(H,31,36). The Labute approximate surface area is 231 Å². The fourth-order valence-electron chi connectivity index (χ4n) is 4.89. The van der Waals surface area contributed by atoms with Crippen molar-refractivity contribution >= 4 is 23.2 Å². The van der Waals surface area contributed by atoms with Crippen LogP contribution in [-0.2, 0) is 12.0 Å². The van der Waals surface area contributed by atoms with Gasteiger partial charge >= 0.3 is 0 Å². The van der Waals surface area contributed by atoms with Crippen molar-refractivity contribution < 1.29 is 14.0 Å². The highest BCUT2D eigenvalue weighted by molar-refractivity contribution is 7.09. The van der Waals surface area contributed by atoms with Crippen molar-refractivity contribution in [3.05, 3.63) is 87.2 Å². The number of hydrogen-bond donors (Lipinski definition) is 2. The molecule has 5 rings (SSSR count). The summed E-state index contributed by atoms with van der Waals surface area (Å²) in [4.78, 5) is 33.1. The Kier molecular flexibility index (Phi) is 7.58. The Morgan fingerprint density at radius 3 is 2.67 bits per heavy atom. The molecule has 0 spiro atoms. The van der Waals surface area contributed by atoms with Crippen molar-refractivity contribution in [2.75, 3.05) is 13.1 Å². The lowest BCUT2D eigenvalue weighted by Gasteiger charge is -2.23. The average molecular weight is 545 g/mol. The molecule has 1 fully saturated rings. The highest BCUT2D eigenvalue weighted by atomic mass is 32.1. The van der Waals surface area contributed by atoms with Crippen LogP contribution in [0.2, 0.25) is 0 Å². The van der Waals surface area contributed by atoms with Crippen molar-refractivity contribution in [2.45, 2.75) is 51.6 Å². The van der Waals surface area contributed by atoms with Crippen LogP contribution >= 0.6 is 11.3 Å². The molecule has 3 heterocycles. The largest absolute Gasteiger partial charge is 0.419 e. The minimum atomic E-state index is -0.906. The Morgan fingerprint density at radius 1 is 1.18 bits per heavy atom. The van der Waals surface area contributed by atoms with E-state index < -0.39 is 5.54 Å². The van der Waals surface area contributed by atoms with Gasteiger partial charge in [0, 0.05) is 40.9 Å². The molecule has 2 unspecified atom stereocenters. The summed E-state index contributed by atoms with van der Waals surface area (Å²) in [6.07, 6.45) is 2.25. The molecule has 2 atom stereocenters. The summed E-state index contributed by atoms with van der Waals surface area (Å²) in [6, 6.07) is 14.8. The number of hydrogen-bond acceptors (Lipinski definition) is 8. The second-order valence-electron chi connectivity index (χ2n) is 10.1. The van der Waals surface area contributed by atoms with Gasteiger partial charge < -0.3 is 20.4 Å². The number of thiazole rings is 1. The third kappa shape index (κ3) is 5.76. The first kappa shape index (κ1) is 26.7. The van der Waals surface area contributed by atoms with Crippen LogP contribution in [0, 0.1) is 6.92 Å². The first-order valence-electron chi connectivity index (χ1n) is 13.1. The number of nitrogens with zero attached hydrogens (tertiary/aromatic N) is 4. The molecule has 0 saturated carbocycles. The molecule has 1 saturated heterocycles. The van der Waals surface area contributed by atoms with Gasteiger partial charge in [-0.2, -0.15) is 0 Å². The fourth-order valence-corrected chi connectivity index (χ4v) is 5.83. The quantitative estimate of drug-likeness (QED) is 0.331. The summed E-state index contributed by atoms with van der Waals surface area (Å²) >= 11 is 1.57. The van der Waals surface area contributed by atoms with E-state index in [1.165, 1.54) is 0 Å². The normalized spacial score (nSPS) is 16.7. The number of rotatable bonds is 8. The van der Waals surface area contributed by atoms with Crippen molar-refractivity contribution in [1.29, 1.82) is 0 Å². The fraction of sp³-hybridized carbons (Fsp3) is 0.345. The first-order chi connectivity index (χ1) is 18.7. The maximum atomic E-state index is 13.8. The Balaban J connectivity index is 1.48. The highest BCUT2D eigenvalue weighted by Gasteiger charge is 2.34. The summed E-state index contributed by atoms with van der Waals surface area (Å²) in [5.41, 5.74) is 8.88. The smallest absolute Gasteiger partial charge is 0.254 e. The van der Waals surface area contributed by atoms with Crippen molar-refractivity contribution in [3.8, 4) is 11.5 Å². The maximum Gasteiger partial charge on any atom is 0.254 e.